The summed E-state index contributed by atoms with van der Waals surface area (Å²) < 4.78 is 16.6. The van der Waals surface area contributed by atoms with Gasteiger partial charge in [0.15, 0.2) is 6.10 Å². The normalized spacial score (nSPS) is 12.1. The topological polar surface area (TPSA) is 78.9 Å². The van der Waals surface area contributed by atoms with Gasteiger partial charge in [0, 0.05) is 19.3 Å². The van der Waals surface area contributed by atoms with Gasteiger partial charge in [-0.1, -0.05) is 199 Å². The van der Waals surface area contributed by atoms with Gasteiger partial charge in [0.05, 0.1) is 0 Å². The van der Waals surface area contributed by atoms with Crippen LogP contribution in [0, 0.1) is 0 Å². The molecule has 0 rings (SSSR count). The van der Waals surface area contributed by atoms with Crippen LogP contribution in [0.15, 0.2) is 24.3 Å². The highest BCUT2D eigenvalue weighted by atomic mass is 16.6. The number of allylic oxidation sites excluding steroid dienone is 4. The van der Waals surface area contributed by atoms with Crippen molar-refractivity contribution in [3.8, 4) is 0 Å². The fourth-order valence-electron chi connectivity index (χ4n) is 6.65. The van der Waals surface area contributed by atoms with E-state index in [1.165, 1.54) is 141 Å². The molecule has 316 valence electrons. The molecule has 54 heavy (non-hydrogen) atoms. The smallest absolute Gasteiger partial charge is 0.306 e. The third-order valence-electron chi connectivity index (χ3n) is 10.2. The summed E-state index contributed by atoms with van der Waals surface area (Å²) in [5.74, 6) is -0.878. The van der Waals surface area contributed by atoms with Crippen LogP contribution in [0.5, 0.6) is 0 Å². The van der Waals surface area contributed by atoms with Gasteiger partial charge in [0.2, 0.25) is 0 Å². The average molecular weight is 761 g/mol. The van der Waals surface area contributed by atoms with Crippen molar-refractivity contribution in [2.45, 2.75) is 252 Å². The highest BCUT2D eigenvalue weighted by Gasteiger charge is 2.19. The lowest BCUT2D eigenvalue weighted by molar-refractivity contribution is -0.167. The van der Waals surface area contributed by atoms with E-state index in [9.17, 15) is 14.4 Å². The van der Waals surface area contributed by atoms with E-state index in [1.807, 2.05) is 0 Å². The summed E-state index contributed by atoms with van der Waals surface area (Å²) in [6, 6.07) is 0. The van der Waals surface area contributed by atoms with E-state index in [0.29, 0.717) is 19.3 Å². The highest BCUT2D eigenvalue weighted by Crippen LogP contribution is 2.15. The van der Waals surface area contributed by atoms with E-state index in [1.54, 1.807) is 0 Å². The van der Waals surface area contributed by atoms with Crippen molar-refractivity contribution in [2.24, 2.45) is 0 Å². The van der Waals surface area contributed by atoms with Crippen molar-refractivity contribution in [2.75, 3.05) is 13.2 Å². The Morgan fingerprint density at radius 1 is 0.370 bits per heavy atom. The summed E-state index contributed by atoms with van der Waals surface area (Å²) in [6.45, 7) is 6.55. The molecule has 1 unspecified atom stereocenters. The summed E-state index contributed by atoms with van der Waals surface area (Å²) in [5.41, 5.74) is 0. The maximum absolute atomic E-state index is 12.7. The Bertz CT molecular complexity index is 880. The van der Waals surface area contributed by atoms with Crippen molar-refractivity contribution in [1.29, 1.82) is 0 Å². The second-order valence-corrected chi connectivity index (χ2v) is 15.7. The van der Waals surface area contributed by atoms with Crippen LogP contribution < -0.4 is 0 Å². The molecule has 0 spiro atoms. The lowest BCUT2D eigenvalue weighted by Crippen LogP contribution is -2.30. The van der Waals surface area contributed by atoms with Crippen molar-refractivity contribution in [3.63, 3.8) is 0 Å². The minimum atomic E-state index is -0.763. The van der Waals surface area contributed by atoms with Crippen LogP contribution in [0.3, 0.4) is 0 Å². The summed E-state index contributed by atoms with van der Waals surface area (Å²) in [4.78, 5) is 37.5. The number of carbonyl (C=O) groups excluding carboxylic acids is 3. The molecule has 0 aliphatic heterocycles. The Morgan fingerprint density at radius 2 is 0.667 bits per heavy atom. The average Bonchev–Trinajstić information content (AvgIpc) is 3.17. The van der Waals surface area contributed by atoms with E-state index < -0.39 is 6.10 Å². The first-order valence-corrected chi connectivity index (χ1v) is 23.3. The minimum absolute atomic E-state index is 0.0699. The zero-order chi connectivity index (χ0) is 39.4. The van der Waals surface area contributed by atoms with Crippen LogP contribution in [-0.2, 0) is 28.6 Å². The number of hydrogen-bond donors (Lipinski definition) is 0. The van der Waals surface area contributed by atoms with Crippen LogP contribution in [0.25, 0.3) is 0 Å². The van der Waals surface area contributed by atoms with E-state index >= 15 is 0 Å². The Morgan fingerprint density at radius 3 is 1.06 bits per heavy atom. The summed E-state index contributed by atoms with van der Waals surface area (Å²) in [5, 5.41) is 0. The summed E-state index contributed by atoms with van der Waals surface area (Å²) in [7, 11) is 0. The minimum Gasteiger partial charge on any atom is -0.462 e. The van der Waals surface area contributed by atoms with Gasteiger partial charge in [-0.15, -0.1) is 0 Å². The number of ether oxygens (including phenoxy) is 3. The summed E-state index contributed by atoms with van der Waals surface area (Å²) >= 11 is 0. The zero-order valence-electron chi connectivity index (χ0n) is 36.0. The molecule has 0 aromatic heterocycles. The van der Waals surface area contributed by atoms with Crippen LogP contribution in [-0.4, -0.2) is 37.2 Å². The molecule has 0 heterocycles. The lowest BCUT2D eigenvalue weighted by Gasteiger charge is -2.18. The molecular formula is C48H88O6. The Labute approximate surface area is 334 Å². The van der Waals surface area contributed by atoms with E-state index in [-0.39, 0.29) is 31.1 Å². The molecule has 0 fully saturated rings. The first-order chi connectivity index (χ1) is 26.5. The van der Waals surface area contributed by atoms with Gasteiger partial charge in [-0.25, -0.2) is 0 Å². The first kappa shape index (κ1) is 51.9. The molecule has 6 nitrogen and oxygen atoms in total. The molecule has 0 N–H and O–H groups in total. The predicted octanol–water partition coefficient (Wildman–Crippen LogP) is 14.8. The van der Waals surface area contributed by atoms with Crippen molar-refractivity contribution < 1.29 is 28.6 Å². The third-order valence-corrected chi connectivity index (χ3v) is 10.2. The number of rotatable bonds is 42. The molecule has 0 bridgehead atoms. The molecule has 0 aliphatic rings. The molecular weight excluding hydrogens is 673 g/mol. The van der Waals surface area contributed by atoms with Crippen LogP contribution in [0.1, 0.15) is 245 Å². The van der Waals surface area contributed by atoms with Gasteiger partial charge in [-0.2, -0.15) is 0 Å². The molecule has 0 saturated heterocycles. The van der Waals surface area contributed by atoms with E-state index in [4.69, 9.17) is 14.2 Å². The summed E-state index contributed by atoms with van der Waals surface area (Å²) in [6.07, 6.45) is 47.5. The second-order valence-electron chi connectivity index (χ2n) is 15.7. The van der Waals surface area contributed by atoms with Gasteiger partial charge >= 0.3 is 17.9 Å². The SMILES string of the molecule is CCCCC/C=C\C/C=C\CCCCCCCCCCCC(=O)OCC(COC(=O)CCCCCCCC)OC(=O)CCCCCCCCCCCCC. The quantitative estimate of drug-likeness (QED) is 0.0267. The van der Waals surface area contributed by atoms with E-state index in [0.717, 1.165) is 64.2 Å². The second kappa shape index (κ2) is 43.6. The molecule has 0 saturated carbocycles. The Kier molecular flexibility index (Phi) is 41.9. The van der Waals surface area contributed by atoms with Crippen LogP contribution in [0.4, 0.5) is 0 Å². The molecule has 0 aliphatic carbocycles. The molecule has 0 amide bonds. The molecule has 6 heteroatoms. The van der Waals surface area contributed by atoms with Crippen LogP contribution >= 0.6 is 0 Å². The molecule has 0 aromatic rings. The maximum atomic E-state index is 12.7. The van der Waals surface area contributed by atoms with Crippen LogP contribution in [0.2, 0.25) is 0 Å². The maximum Gasteiger partial charge on any atom is 0.306 e. The van der Waals surface area contributed by atoms with Gasteiger partial charge in [0.1, 0.15) is 13.2 Å². The van der Waals surface area contributed by atoms with Gasteiger partial charge in [-0.3, -0.25) is 14.4 Å². The predicted molar refractivity (Wildman–Crippen MR) is 229 cm³/mol. The first-order valence-electron chi connectivity index (χ1n) is 23.3. The number of carbonyl (C=O) groups is 3. The highest BCUT2D eigenvalue weighted by molar-refractivity contribution is 5.71. The van der Waals surface area contributed by atoms with Gasteiger partial charge in [-0.05, 0) is 51.4 Å². The van der Waals surface area contributed by atoms with Gasteiger partial charge < -0.3 is 14.2 Å². The van der Waals surface area contributed by atoms with E-state index in [2.05, 4.69) is 45.1 Å². The zero-order valence-corrected chi connectivity index (χ0v) is 36.0. The standard InChI is InChI=1S/C48H88O6/c1-4-7-10-13-16-18-20-21-22-23-24-25-26-27-29-30-32-35-38-41-47(50)53-44-45(43-52-46(49)40-37-34-15-12-9-6-3)54-48(51)42-39-36-33-31-28-19-17-14-11-8-5-2/h16,18,21-22,45H,4-15,17,19-20,23-44H2,1-3H3/b18-16-,22-21-. The third kappa shape index (κ3) is 41.1. The lowest BCUT2D eigenvalue weighted by atomic mass is 10.1. The van der Waals surface area contributed by atoms with Gasteiger partial charge in [0.25, 0.3) is 0 Å². The number of unbranched alkanes of at least 4 members (excludes halogenated alkanes) is 27. The molecule has 0 radical (unpaired) electrons. The number of hydrogen-bond acceptors (Lipinski definition) is 6. The fraction of sp³-hybridized carbons (Fsp3) is 0.854. The molecule has 0 aromatic carbocycles. The fourth-order valence-corrected chi connectivity index (χ4v) is 6.65. The van der Waals surface area contributed by atoms with Crippen molar-refractivity contribution >= 4 is 17.9 Å². The largest absolute Gasteiger partial charge is 0.462 e. The Balaban J connectivity index is 4.18. The van der Waals surface area contributed by atoms with Crippen molar-refractivity contribution in [1.82, 2.24) is 0 Å². The Hall–Kier alpha value is -2.11. The number of esters is 3. The monoisotopic (exact) mass is 761 g/mol. The van der Waals surface area contributed by atoms with Crippen molar-refractivity contribution in [3.05, 3.63) is 24.3 Å². The molecule has 1 atom stereocenters.